The maximum absolute atomic E-state index is 9.97. The molecule has 0 spiro atoms. The Morgan fingerprint density at radius 2 is 1.94 bits per heavy atom. The van der Waals surface area contributed by atoms with E-state index < -0.39 is 5.60 Å². The van der Waals surface area contributed by atoms with Crippen LogP contribution in [0.3, 0.4) is 0 Å². The van der Waals surface area contributed by atoms with E-state index in [1.54, 1.807) is 0 Å². The van der Waals surface area contributed by atoms with E-state index in [9.17, 15) is 5.11 Å². The minimum absolute atomic E-state index is 0.0716. The molecule has 2 heteroatoms. The summed E-state index contributed by atoms with van der Waals surface area (Å²) in [5.41, 5.74) is 0.195. The zero-order chi connectivity index (χ0) is 11.8. The predicted molar refractivity (Wildman–Crippen MR) is 64.2 cm³/mol. The number of benzene rings is 1. The van der Waals surface area contributed by atoms with Crippen molar-refractivity contribution in [2.75, 3.05) is 0 Å². The van der Waals surface area contributed by atoms with Crippen LogP contribution in [0.1, 0.15) is 39.2 Å². The van der Waals surface area contributed by atoms with Crippen LogP contribution in [-0.2, 0) is 10.3 Å². The molecule has 1 aliphatic rings. The Kier molecular flexibility index (Phi) is 2.81. The van der Waals surface area contributed by atoms with Gasteiger partial charge in [-0.2, -0.15) is 0 Å². The Labute approximate surface area is 97.3 Å². The molecule has 1 saturated heterocycles. The standard InChI is InChI=1S/C14H20O2/c1-13(2,15)12-9-10-14(3,16-12)11-7-5-4-6-8-11/h4-8,12,15H,9-10H2,1-3H3. The topological polar surface area (TPSA) is 29.5 Å². The molecule has 2 unspecified atom stereocenters. The van der Waals surface area contributed by atoms with Crippen molar-refractivity contribution in [1.29, 1.82) is 0 Å². The van der Waals surface area contributed by atoms with Crippen LogP contribution >= 0.6 is 0 Å². The van der Waals surface area contributed by atoms with Crippen molar-refractivity contribution < 1.29 is 9.84 Å². The van der Waals surface area contributed by atoms with E-state index in [2.05, 4.69) is 19.1 Å². The summed E-state index contributed by atoms with van der Waals surface area (Å²) in [7, 11) is 0. The molecule has 2 nitrogen and oxygen atoms in total. The molecule has 0 radical (unpaired) electrons. The largest absolute Gasteiger partial charge is 0.388 e. The zero-order valence-electron chi connectivity index (χ0n) is 10.2. The molecule has 0 saturated carbocycles. The second-order valence-corrected chi connectivity index (χ2v) is 5.40. The molecule has 1 aromatic carbocycles. The third-order valence-corrected chi connectivity index (χ3v) is 3.46. The molecule has 88 valence electrons. The average Bonchev–Trinajstić information content (AvgIpc) is 2.63. The first-order chi connectivity index (χ1) is 7.42. The van der Waals surface area contributed by atoms with Crippen molar-refractivity contribution in [2.24, 2.45) is 0 Å². The van der Waals surface area contributed by atoms with Crippen LogP contribution < -0.4 is 0 Å². The molecular weight excluding hydrogens is 200 g/mol. The summed E-state index contributed by atoms with van der Waals surface area (Å²) in [5.74, 6) is 0. The first-order valence-electron chi connectivity index (χ1n) is 5.87. The van der Waals surface area contributed by atoms with Crippen molar-refractivity contribution in [1.82, 2.24) is 0 Å². The SMILES string of the molecule is CC1(c2ccccc2)CCC(C(C)(C)O)O1. The van der Waals surface area contributed by atoms with E-state index in [-0.39, 0.29) is 11.7 Å². The summed E-state index contributed by atoms with van der Waals surface area (Å²) in [6.07, 6.45) is 1.80. The van der Waals surface area contributed by atoms with Crippen LogP contribution in [0, 0.1) is 0 Å². The van der Waals surface area contributed by atoms with Crippen molar-refractivity contribution in [3.8, 4) is 0 Å². The first-order valence-corrected chi connectivity index (χ1v) is 5.87. The van der Waals surface area contributed by atoms with Crippen molar-refractivity contribution >= 4 is 0 Å². The summed E-state index contributed by atoms with van der Waals surface area (Å²) in [5, 5.41) is 9.97. The number of hydrogen-bond donors (Lipinski definition) is 1. The smallest absolute Gasteiger partial charge is 0.0909 e. The molecule has 0 amide bonds. The molecule has 1 N–H and O–H groups in total. The van der Waals surface area contributed by atoms with E-state index in [0.29, 0.717) is 0 Å². The molecule has 16 heavy (non-hydrogen) atoms. The Morgan fingerprint density at radius 3 is 2.44 bits per heavy atom. The van der Waals surface area contributed by atoms with Crippen LogP contribution in [0.25, 0.3) is 0 Å². The summed E-state index contributed by atoms with van der Waals surface area (Å²) in [4.78, 5) is 0. The van der Waals surface area contributed by atoms with Gasteiger partial charge in [-0.15, -0.1) is 0 Å². The fourth-order valence-electron chi connectivity index (χ4n) is 2.34. The number of ether oxygens (including phenoxy) is 1. The highest BCUT2D eigenvalue weighted by Gasteiger charge is 2.43. The molecular formula is C14H20O2. The molecule has 1 aromatic rings. The monoisotopic (exact) mass is 220 g/mol. The lowest BCUT2D eigenvalue weighted by Gasteiger charge is -2.30. The average molecular weight is 220 g/mol. The highest BCUT2D eigenvalue weighted by molar-refractivity contribution is 5.23. The van der Waals surface area contributed by atoms with Crippen molar-refractivity contribution in [3.63, 3.8) is 0 Å². The molecule has 2 atom stereocenters. The van der Waals surface area contributed by atoms with Crippen LogP contribution in [0.4, 0.5) is 0 Å². The van der Waals surface area contributed by atoms with Gasteiger partial charge < -0.3 is 9.84 Å². The van der Waals surface area contributed by atoms with Gasteiger partial charge in [-0.3, -0.25) is 0 Å². The highest BCUT2D eigenvalue weighted by atomic mass is 16.5. The number of aliphatic hydroxyl groups is 1. The quantitative estimate of drug-likeness (QED) is 0.830. The maximum atomic E-state index is 9.97. The van der Waals surface area contributed by atoms with Gasteiger partial charge in [0.2, 0.25) is 0 Å². The lowest BCUT2D eigenvalue weighted by atomic mass is 9.92. The van der Waals surface area contributed by atoms with E-state index >= 15 is 0 Å². The van der Waals surface area contributed by atoms with Gasteiger partial charge in [0.25, 0.3) is 0 Å². The van der Waals surface area contributed by atoms with Crippen LogP contribution in [0.15, 0.2) is 30.3 Å². The highest BCUT2D eigenvalue weighted by Crippen LogP contribution is 2.41. The summed E-state index contributed by atoms with van der Waals surface area (Å²) < 4.78 is 6.05. The van der Waals surface area contributed by atoms with Crippen molar-refractivity contribution in [2.45, 2.75) is 50.9 Å². The van der Waals surface area contributed by atoms with Gasteiger partial charge in [-0.1, -0.05) is 30.3 Å². The third kappa shape index (κ3) is 2.13. The van der Waals surface area contributed by atoms with Crippen LogP contribution in [-0.4, -0.2) is 16.8 Å². The van der Waals surface area contributed by atoms with Gasteiger partial charge in [0.15, 0.2) is 0 Å². The third-order valence-electron chi connectivity index (χ3n) is 3.46. The fourth-order valence-corrected chi connectivity index (χ4v) is 2.34. The molecule has 0 aromatic heterocycles. The zero-order valence-corrected chi connectivity index (χ0v) is 10.2. The van der Waals surface area contributed by atoms with Gasteiger partial charge >= 0.3 is 0 Å². The van der Waals surface area contributed by atoms with Gasteiger partial charge in [0.05, 0.1) is 17.3 Å². The summed E-state index contributed by atoms with van der Waals surface area (Å²) in [6, 6.07) is 10.2. The molecule has 2 rings (SSSR count). The maximum Gasteiger partial charge on any atom is 0.0909 e. The fraction of sp³-hybridized carbons (Fsp3) is 0.571. The Hall–Kier alpha value is -0.860. The normalized spacial score (nSPS) is 30.6. The van der Waals surface area contributed by atoms with Gasteiger partial charge in [0, 0.05) is 0 Å². The predicted octanol–water partition coefficient (Wildman–Crippen LogP) is 2.85. The van der Waals surface area contributed by atoms with E-state index in [1.165, 1.54) is 5.56 Å². The van der Waals surface area contributed by atoms with E-state index in [0.717, 1.165) is 12.8 Å². The van der Waals surface area contributed by atoms with E-state index in [1.807, 2.05) is 32.0 Å². The molecule has 1 fully saturated rings. The van der Waals surface area contributed by atoms with Crippen molar-refractivity contribution in [3.05, 3.63) is 35.9 Å². The molecule has 0 aliphatic carbocycles. The first kappa shape index (κ1) is 11.6. The second-order valence-electron chi connectivity index (χ2n) is 5.40. The Balaban J connectivity index is 2.19. The molecule has 0 bridgehead atoms. The Morgan fingerprint density at radius 1 is 1.31 bits per heavy atom. The van der Waals surface area contributed by atoms with Crippen LogP contribution in [0.5, 0.6) is 0 Å². The lowest BCUT2D eigenvalue weighted by molar-refractivity contribution is -0.118. The number of hydrogen-bond acceptors (Lipinski definition) is 2. The summed E-state index contributed by atoms with van der Waals surface area (Å²) >= 11 is 0. The Bertz CT molecular complexity index is 353. The van der Waals surface area contributed by atoms with Crippen LogP contribution in [0.2, 0.25) is 0 Å². The second kappa shape index (κ2) is 3.86. The molecule has 1 aliphatic heterocycles. The summed E-state index contributed by atoms with van der Waals surface area (Å²) in [6.45, 7) is 5.73. The van der Waals surface area contributed by atoms with Gasteiger partial charge in [-0.05, 0) is 39.2 Å². The lowest BCUT2D eigenvalue weighted by Crippen LogP contribution is -2.37. The van der Waals surface area contributed by atoms with Gasteiger partial charge in [-0.25, -0.2) is 0 Å². The minimum atomic E-state index is -0.757. The van der Waals surface area contributed by atoms with E-state index in [4.69, 9.17) is 4.74 Å². The number of rotatable bonds is 2. The minimum Gasteiger partial charge on any atom is -0.388 e. The molecule has 1 heterocycles. The van der Waals surface area contributed by atoms with Gasteiger partial charge in [0.1, 0.15) is 0 Å².